The van der Waals surface area contributed by atoms with E-state index in [-0.39, 0.29) is 0 Å². The van der Waals surface area contributed by atoms with Crippen LogP contribution >= 0.6 is 11.3 Å². The predicted molar refractivity (Wildman–Crippen MR) is 254 cm³/mol. The number of nitrogens with zero attached hydrogens (tertiary/aromatic N) is 2. The summed E-state index contributed by atoms with van der Waals surface area (Å²) in [6.07, 6.45) is 0. The number of para-hydroxylation sites is 2. The van der Waals surface area contributed by atoms with E-state index in [4.69, 9.17) is 0 Å². The van der Waals surface area contributed by atoms with Crippen molar-refractivity contribution in [2.45, 2.75) is 0 Å². The Labute approximate surface area is 346 Å². The highest BCUT2D eigenvalue weighted by atomic mass is 32.1. The van der Waals surface area contributed by atoms with Crippen LogP contribution in [0.5, 0.6) is 0 Å². The first-order chi connectivity index (χ1) is 29.3. The van der Waals surface area contributed by atoms with Gasteiger partial charge >= 0.3 is 0 Å². The van der Waals surface area contributed by atoms with Crippen molar-refractivity contribution in [3.05, 3.63) is 218 Å². The summed E-state index contributed by atoms with van der Waals surface area (Å²) in [7, 11) is 0. The molecule has 0 aliphatic rings. The zero-order valence-electron chi connectivity index (χ0n) is 32.1. The first kappa shape index (κ1) is 33.7. The fraction of sp³-hybridized carbons (Fsp3) is 0. The van der Waals surface area contributed by atoms with Gasteiger partial charge in [-0.2, -0.15) is 0 Å². The topological polar surface area (TPSA) is 8.17 Å². The van der Waals surface area contributed by atoms with Gasteiger partial charge in [0.25, 0.3) is 0 Å². The van der Waals surface area contributed by atoms with Gasteiger partial charge in [-0.05, 0) is 109 Å². The average molecular weight is 769 g/mol. The Kier molecular flexibility index (Phi) is 7.75. The molecule has 0 atom stereocenters. The summed E-state index contributed by atoms with van der Waals surface area (Å²) >= 11 is 1.90. The Bertz CT molecular complexity index is 3540. The van der Waals surface area contributed by atoms with E-state index in [1.54, 1.807) is 0 Å². The van der Waals surface area contributed by atoms with Crippen LogP contribution in [-0.4, -0.2) is 4.57 Å². The SMILES string of the molecule is c1ccc(-n2c3ccccc3c3sc4c(-c5ccc(N(c6ccc(-c7cccc8ccccc78)cc6)c6ccc7c(ccc8ccccc87)c6)cc5)cccc4c32)cc1. The molecule has 2 nitrogen and oxygen atoms in total. The van der Waals surface area contributed by atoms with Crippen LogP contribution in [0.3, 0.4) is 0 Å². The summed E-state index contributed by atoms with van der Waals surface area (Å²) in [5, 5.41) is 10.1. The maximum Gasteiger partial charge on any atom is 0.0727 e. The minimum atomic E-state index is 1.11. The van der Waals surface area contributed by atoms with Gasteiger partial charge in [-0.15, -0.1) is 11.3 Å². The summed E-state index contributed by atoms with van der Waals surface area (Å²) in [5.74, 6) is 0. The first-order valence-corrected chi connectivity index (χ1v) is 21.0. The van der Waals surface area contributed by atoms with Gasteiger partial charge in [-0.3, -0.25) is 0 Å². The molecule has 3 heteroatoms. The Hall–Kier alpha value is -7.46. The number of aromatic nitrogens is 1. The molecule has 0 bridgehead atoms. The maximum absolute atomic E-state index is 2.44. The lowest BCUT2D eigenvalue weighted by Gasteiger charge is -2.26. The van der Waals surface area contributed by atoms with E-state index in [0.717, 1.165) is 17.1 Å². The Balaban J connectivity index is 0.988. The number of fused-ring (bicyclic) bond motifs is 9. The number of hydrogen-bond acceptors (Lipinski definition) is 2. The highest BCUT2D eigenvalue weighted by Crippen LogP contribution is 2.46. The molecule has 0 N–H and O–H groups in total. The lowest BCUT2D eigenvalue weighted by molar-refractivity contribution is 1.19. The average Bonchev–Trinajstić information content (AvgIpc) is 3.85. The zero-order chi connectivity index (χ0) is 38.9. The van der Waals surface area contributed by atoms with Gasteiger partial charge in [-0.1, -0.05) is 164 Å². The molecule has 59 heavy (non-hydrogen) atoms. The molecule has 276 valence electrons. The third kappa shape index (κ3) is 5.47. The number of rotatable bonds is 6. The minimum Gasteiger partial charge on any atom is -0.310 e. The molecule has 0 radical (unpaired) electrons. The molecule has 2 heterocycles. The molecule has 0 fully saturated rings. The van der Waals surface area contributed by atoms with E-state index in [9.17, 15) is 0 Å². The third-order valence-corrected chi connectivity index (χ3v) is 13.2. The Morgan fingerprint density at radius 1 is 0.339 bits per heavy atom. The van der Waals surface area contributed by atoms with Gasteiger partial charge in [0, 0.05) is 38.2 Å². The molecule has 0 amide bonds. The van der Waals surface area contributed by atoms with E-state index in [2.05, 4.69) is 228 Å². The van der Waals surface area contributed by atoms with Crippen molar-refractivity contribution in [1.82, 2.24) is 4.57 Å². The van der Waals surface area contributed by atoms with E-state index < -0.39 is 0 Å². The van der Waals surface area contributed by atoms with Crippen molar-refractivity contribution >= 4 is 91.9 Å². The molecule has 0 unspecified atom stereocenters. The third-order valence-electron chi connectivity index (χ3n) is 12.0. The molecular weight excluding hydrogens is 733 g/mol. The van der Waals surface area contributed by atoms with Crippen molar-refractivity contribution in [1.29, 1.82) is 0 Å². The van der Waals surface area contributed by atoms with E-state index in [1.165, 1.54) is 91.5 Å². The van der Waals surface area contributed by atoms with Crippen LogP contribution in [0, 0.1) is 0 Å². The molecule has 12 aromatic rings. The smallest absolute Gasteiger partial charge is 0.0727 e. The highest BCUT2D eigenvalue weighted by molar-refractivity contribution is 7.27. The molecule has 12 rings (SSSR count). The molecule has 10 aromatic carbocycles. The molecule has 0 aliphatic carbocycles. The lowest BCUT2D eigenvalue weighted by atomic mass is 9.98. The second-order valence-electron chi connectivity index (χ2n) is 15.3. The van der Waals surface area contributed by atoms with Crippen LogP contribution in [0.25, 0.3) is 91.5 Å². The summed E-state index contributed by atoms with van der Waals surface area (Å²) in [6.45, 7) is 0. The van der Waals surface area contributed by atoms with E-state index >= 15 is 0 Å². The van der Waals surface area contributed by atoms with E-state index in [1.807, 2.05) is 11.3 Å². The standard InChI is InChI=1S/C56H36N2S/c1-2-15-42(16-3-1)58-53-23-9-8-19-51(53)56-54(58)52-22-11-21-50(55(52)59-56)40-28-32-44(33-29-40)57(45-34-35-49-41(36-45)25-24-38-13-5-7-18-47(38)49)43-30-26-39(27-31-43)48-20-10-14-37-12-4-6-17-46(37)48/h1-36H. The number of anilines is 3. The highest BCUT2D eigenvalue weighted by Gasteiger charge is 2.20. The number of benzene rings is 10. The summed E-state index contributed by atoms with van der Waals surface area (Å²) in [5.41, 5.74) is 11.9. The van der Waals surface area contributed by atoms with Gasteiger partial charge in [0.15, 0.2) is 0 Å². The van der Waals surface area contributed by atoms with Crippen LogP contribution in [0.4, 0.5) is 17.1 Å². The van der Waals surface area contributed by atoms with Gasteiger partial charge in [0.2, 0.25) is 0 Å². The molecule has 0 saturated carbocycles. The van der Waals surface area contributed by atoms with Gasteiger partial charge < -0.3 is 9.47 Å². The zero-order valence-corrected chi connectivity index (χ0v) is 32.9. The molecule has 0 saturated heterocycles. The van der Waals surface area contributed by atoms with Crippen LogP contribution in [0.1, 0.15) is 0 Å². The van der Waals surface area contributed by atoms with Gasteiger partial charge in [0.05, 0.1) is 15.7 Å². The quantitative estimate of drug-likeness (QED) is 0.153. The largest absolute Gasteiger partial charge is 0.310 e. The van der Waals surface area contributed by atoms with Crippen molar-refractivity contribution in [2.75, 3.05) is 4.90 Å². The fourth-order valence-electron chi connectivity index (χ4n) is 9.21. The van der Waals surface area contributed by atoms with E-state index in [0.29, 0.717) is 0 Å². The fourth-order valence-corrected chi connectivity index (χ4v) is 10.6. The van der Waals surface area contributed by atoms with Crippen molar-refractivity contribution in [3.8, 4) is 27.9 Å². The molecule has 0 spiro atoms. The van der Waals surface area contributed by atoms with Crippen LogP contribution in [-0.2, 0) is 0 Å². The summed E-state index contributed by atoms with van der Waals surface area (Å²) in [6, 6.07) is 79.8. The van der Waals surface area contributed by atoms with Gasteiger partial charge in [0.1, 0.15) is 0 Å². The van der Waals surface area contributed by atoms with Crippen molar-refractivity contribution < 1.29 is 0 Å². The summed E-state index contributed by atoms with van der Waals surface area (Å²) in [4.78, 5) is 2.39. The molecule has 0 aliphatic heterocycles. The van der Waals surface area contributed by atoms with Crippen molar-refractivity contribution in [2.24, 2.45) is 0 Å². The number of thiophene rings is 1. The lowest BCUT2D eigenvalue weighted by Crippen LogP contribution is -2.09. The monoisotopic (exact) mass is 768 g/mol. The van der Waals surface area contributed by atoms with Crippen LogP contribution in [0.2, 0.25) is 0 Å². The van der Waals surface area contributed by atoms with Gasteiger partial charge in [-0.25, -0.2) is 0 Å². The predicted octanol–water partition coefficient (Wildman–Crippen LogP) is 16.3. The first-order valence-electron chi connectivity index (χ1n) is 20.2. The normalized spacial score (nSPS) is 11.7. The maximum atomic E-state index is 2.44. The Morgan fingerprint density at radius 3 is 1.66 bits per heavy atom. The van der Waals surface area contributed by atoms with Crippen LogP contribution in [0.15, 0.2) is 218 Å². The molecule has 2 aromatic heterocycles. The number of hydrogen-bond donors (Lipinski definition) is 0. The second kappa shape index (κ2) is 13.6. The second-order valence-corrected chi connectivity index (χ2v) is 16.3. The minimum absolute atomic E-state index is 1.11. The summed E-state index contributed by atoms with van der Waals surface area (Å²) < 4.78 is 5.07. The Morgan fingerprint density at radius 2 is 0.881 bits per heavy atom. The van der Waals surface area contributed by atoms with Crippen LogP contribution < -0.4 is 4.90 Å². The molecular formula is C56H36N2S. The van der Waals surface area contributed by atoms with Crippen molar-refractivity contribution in [3.63, 3.8) is 0 Å².